The van der Waals surface area contributed by atoms with Crippen LogP contribution in [-0.2, 0) is 4.74 Å². The Morgan fingerprint density at radius 3 is 3.20 bits per heavy atom. The van der Waals surface area contributed by atoms with Crippen molar-refractivity contribution in [1.29, 1.82) is 0 Å². The third-order valence-corrected chi connectivity index (χ3v) is 2.73. The molecule has 15 heavy (non-hydrogen) atoms. The number of halogens is 1. The molecule has 1 amide bonds. The standard InChI is InChI=1S/C10H10BrNO3/c1-14-10(13)12-8-5-15-9-4-6(11)2-3-7(8)9/h2-4,8H,5H2,1H3,(H,12,13)/t8-/m0/s1. The smallest absolute Gasteiger partial charge is 0.407 e. The molecular formula is C10H10BrNO3. The maximum absolute atomic E-state index is 11.0. The Morgan fingerprint density at radius 2 is 2.47 bits per heavy atom. The van der Waals surface area contributed by atoms with E-state index in [1.807, 2.05) is 18.2 Å². The fourth-order valence-corrected chi connectivity index (χ4v) is 1.84. The molecule has 1 aliphatic rings. The van der Waals surface area contributed by atoms with Crippen molar-refractivity contribution in [3.8, 4) is 5.75 Å². The number of fused-ring (bicyclic) bond motifs is 1. The van der Waals surface area contributed by atoms with Crippen LogP contribution in [0.25, 0.3) is 0 Å². The van der Waals surface area contributed by atoms with Gasteiger partial charge in [0.1, 0.15) is 12.4 Å². The Hall–Kier alpha value is -1.23. The number of ether oxygens (including phenoxy) is 2. The first-order valence-electron chi connectivity index (χ1n) is 4.47. The fourth-order valence-electron chi connectivity index (χ4n) is 1.50. The first kappa shape index (κ1) is 10.3. The third kappa shape index (κ3) is 2.07. The van der Waals surface area contributed by atoms with Gasteiger partial charge in [-0.15, -0.1) is 0 Å². The number of hydrogen-bond donors (Lipinski definition) is 1. The van der Waals surface area contributed by atoms with E-state index in [0.29, 0.717) is 6.61 Å². The molecule has 1 aromatic carbocycles. The minimum absolute atomic E-state index is 0.124. The highest BCUT2D eigenvalue weighted by molar-refractivity contribution is 9.10. The Kier molecular flexibility index (Phi) is 2.81. The molecule has 0 bridgehead atoms. The number of rotatable bonds is 1. The van der Waals surface area contributed by atoms with Crippen molar-refractivity contribution < 1.29 is 14.3 Å². The van der Waals surface area contributed by atoms with E-state index in [1.165, 1.54) is 7.11 Å². The maximum atomic E-state index is 11.0. The molecule has 1 aromatic rings. The SMILES string of the molecule is COC(=O)N[C@H]1COc2cc(Br)ccc21. The van der Waals surface area contributed by atoms with Gasteiger partial charge >= 0.3 is 6.09 Å². The third-order valence-electron chi connectivity index (χ3n) is 2.23. The molecule has 2 rings (SSSR count). The number of nitrogens with one attached hydrogen (secondary N) is 1. The topological polar surface area (TPSA) is 47.6 Å². The van der Waals surface area contributed by atoms with Crippen molar-refractivity contribution in [3.05, 3.63) is 28.2 Å². The van der Waals surface area contributed by atoms with Gasteiger partial charge in [-0.05, 0) is 12.1 Å². The van der Waals surface area contributed by atoms with E-state index in [4.69, 9.17) is 4.74 Å². The highest BCUT2D eigenvalue weighted by atomic mass is 79.9. The molecule has 1 heterocycles. The van der Waals surface area contributed by atoms with Gasteiger partial charge in [0, 0.05) is 10.0 Å². The van der Waals surface area contributed by atoms with Crippen LogP contribution in [0.2, 0.25) is 0 Å². The Balaban J connectivity index is 2.18. The van der Waals surface area contributed by atoms with E-state index in [2.05, 4.69) is 26.0 Å². The van der Waals surface area contributed by atoms with Gasteiger partial charge < -0.3 is 14.8 Å². The van der Waals surface area contributed by atoms with Gasteiger partial charge in [0.05, 0.1) is 13.2 Å². The Bertz CT molecular complexity index is 394. The summed E-state index contributed by atoms with van der Waals surface area (Å²) in [5.41, 5.74) is 0.976. The summed E-state index contributed by atoms with van der Waals surface area (Å²) in [7, 11) is 1.34. The summed E-state index contributed by atoms with van der Waals surface area (Å²) in [5.74, 6) is 0.797. The fraction of sp³-hybridized carbons (Fsp3) is 0.300. The molecule has 4 nitrogen and oxygen atoms in total. The second-order valence-electron chi connectivity index (χ2n) is 3.18. The predicted molar refractivity (Wildman–Crippen MR) is 57.9 cm³/mol. The van der Waals surface area contributed by atoms with Gasteiger partial charge in [0.2, 0.25) is 0 Å². The van der Waals surface area contributed by atoms with Crippen LogP contribution in [0.15, 0.2) is 22.7 Å². The van der Waals surface area contributed by atoms with Crippen LogP contribution in [0.3, 0.4) is 0 Å². The zero-order chi connectivity index (χ0) is 10.8. The van der Waals surface area contributed by atoms with Crippen LogP contribution in [0.4, 0.5) is 4.79 Å². The normalized spacial score (nSPS) is 17.9. The molecule has 0 saturated carbocycles. The molecule has 0 unspecified atom stereocenters. The summed E-state index contributed by atoms with van der Waals surface area (Å²) >= 11 is 3.36. The summed E-state index contributed by atoms with van der Waals surface area (Å²) in [6, 6.07) is 5.60. The van der Waals surface area contributed by atoms with Gasteiger partial charge in [0.25, 0.3) is 0 Å². The van der Waals surface area contributed by atoms with Gasteiger partial charge in [-0.2, -0.15) is 0 Å². The number of carbonyl (C=O) groups excluding carboxylic acids is 1. The Labute approximate surface area is 95.7 Å². The second-order valence-corrected chi connectivity index (χ2v) is 4.10. The van der Waals surface area contributed by atoms with Crippen molar-refractivity contribution in [2.75, 3.05) is 13.7 Å². The largest absolute Gasteiger partial charge is 0.491 e. The summed E-state index contributed by atoms with van der Waals surface area (Å²) in [4.78, 5) is 11.0. The molecular weight excluding hydrogens is 262 g/mol. The van der Waals surface area contributed by atoms with Crippen LogP contribution in [0.1, 0.15) is 11.6 Å². The lowest BCUT2D eigenvalue weighted by Crippen LogP contribution is -2.29. The minimum atomic E-state index is -0.445. The monoisotopic (exact) mass is 271 g/mol. The number of amides is 1. The van der Waals surface area contributed by atoms with Crippen molar-refractivity contribution >= 4 is 22.0 Å². The molecule has 1 atom stereocenters. The summed E-state index contributed by atoms with van der Waals surface area (Å²) in [5, 5.41) is 2.70. The summed E-state index contributed by atoms with van der Waals surface area (Å²) in [6.45, 7) is 0.445. The van der Waals surface area contributed by atoms with Gasteiger partial charge in [0.15, 0.2) is 0 Å². The average Bonchev–Trinajstić information content (AvgIpc) is 2.60. The first-order chi connectivity index (χ1) is 7.20. The van der Waals surface area contributed by atoms with Gasteiger partial charge in [-0.25, -0.2) is 4.79 Å². The van der Waals surface area contributed by atoms with E-state index in [0.717, 1.165) is 15.8 Å². The number of methoxy groups -OCH3 is 1. The average molecular weight is 272 g/mol. The van der Waals surface area contributed by atoms with Crippen molar-refractivity contribution in [2.45, 2.75) is 6.04 Å². The molecule has 0 fully saturated rings. The second kappa shape index (κ2) is 4.10. The number of carbonyl (C=O) groups is 1. The van der Waals surface area contributed by atoms with E-state index in [1.54, 1.807) is 0 Å². The van der Waals surface area contributed by atoms with Crippen molar-refractivity contribution in [1.82, 2.24) is 5.32 Å². The molecule has 80 valence electrons. The van der Waals surface area contributed by atoms with E-state index < -0.39 is 6.09 Å². The minimum Gasteiger partial charge on any atom is -0.491 e. The highest BCUT2D eigenvalue weighted by Gasteiger charge is 2.25. The quantitative estimate of drug-likeness (QED) is 0.852. The summed E-state index contributed by atoms with van der Waals surface area (Å²) < 4.78 is 10.9. The van der Waals surface area contributed by atoms with Crippen LogP contribution in [-0.4, -0.2) is 19.8 Å². The van der Waals surface area contributed by atoms with E-state index in [9.17, 15) is 4.79 Å². The lowest BCUT2D eigenvalue weighted by Gasteiger charge is -2.09. The number of benzene rings is 1. The van der Waals surface area contributed by atoms with E-state index >= 15 is 0 Å². The molecule has 1 aliphatic heterocycles. The van der Waals surface area contributed by atoms with Crippen molar-refractivity contribution in [3.63, 3.8) is 0 Å². The van der Waals surface area contributed by atoms with Gasteiger partial charge in [-0.1, -0.05) is 22.0 Å². The van der Waals surface area contributed by atoms with Crippen LogP contribution < -0.4 is 10.1 Å². The maximum Gasteiger partial charge on any atom is 0.407 e. The number of alkyl carbamates (subject to hydrolysis) is 1. The van der Waals surface area contributed by atoms with Crippen LogP contribution in [0.5, 0.6) is 5.75 Å². The lowest BCUT2D eigenvalue weighted by atomic mass is 10.1. The molecule has 0 aliphatic carbocycles. The van der Waals surface area contributed by atoms with Crippen LogP contribution >= 0.6 is 15.9 Å². The predicted octanol–water partition coefficient (Wildman–Crippen LogP) is 2.24. The first-order valence-corrected chi connectivity index (χ1v) is 5.26. The molecule has 5 heteroatoms. The highest BCUT2D eigenvalue weighted by Crippen LogP contribution is 2.34. The molecule has 1 N–H and O–H groups in total. The molecule has 0 saturated heterocycles. The molecule has 0 radical (unpaired) electrons. The Morgan fingerprint density at radius 1 is 1.67 bits per heavy atom. The lowest BCUT2D eigenvalue weighted by molar-refractivity contribution is 0.164. The van der Waals surface area contributed by atoms with Gasteiger partial charge in [-0.3, -0.25) is 0 Å². The number of hydrogen-bond acceptors (Lipinski definition) is 3. The molecule has 0 spiro atoms. The van der Waals surface area contributed by atoms with Crippen LogP contribution in [0, 0.1) is 0 Å². The zero-order valence-corrected chi connectivity index (χ0v) is 9.71. The zero-order valence-electron chi connectivity index (χ0n) is 8.12. The molecule has 0 aromatic heterocycles. The van der Waals surface area contributed by atoms with Crippen molar-refractivity contribution in [2.24, 2.45) is 0 Å². The van der Waals surface area contributed by atoms with E-state index in [-0.39, 0.29) is 6.04 Å². The summed E-state index contributed by atoms with van der Waals surface area (Å²) in [6.07, 6.45) is -0.445.